The lowest BCUT2D eigenvalue weighted by Gasteiger charge is -2.09. The summed E-state index contributed by atoms with van der Waals surface area (Å²) in [6.07, 6.45) is -0.765. The Morgan fingerprint density at radius 3 is 2.64 bits per heavy atom. The lowest BCUT2D eigenvalue weighted by atomic mass is 10.2. The number of hydrogen-bond acceptors (Lipinski definition) is 4. The quantitative estimate of drug-likeness (QED) is 0.437. The predicted octanol–water partition coefficient (Wildman–Crippen LogP) is 2.60. The number of rotatable bonds is 6. The molecule has 0 atom stereocenters. The zero-order valence-corrected chi connectivity index (χ0v) is 14.8. The molecule has 2 aromatic carbocycles. The lowest BCUT2D eigenvalue weighted by Crippen LogP contribution is -2.29. The summed E-state index contributed by atoms with van der Waals surface area (Å²) in [6.45, 7) is -0.0594. The number of benzene rings is 2. The van der Waals surface area contributed by atoms with Crippen LogP contribution in [-0.4, -0.2) is 24.4 Å². The fourth-order valence-electron chi connectivity index (χ4n) is 1.95. The van der Waals surface area contributed by atoms with E-state index in [0.29, 0.717) is 17.8 Å². The maximum Gasteiger partial charge on any atom is 0.412 e. The second-order valence-corrected chi connectivity index (χ2v) is 6.02. The summed E-state index contributed by atoms with van der Waals surface area (Å²) in [5, 5.41) is 12.5. The van der Waals surface area contributed by atoms with Gasteiger partial charge in [0.05, 0.1) is 0 Å². The minimum absolute atomic E-state index is 0.107. The fraction of sp³-hybridized carbons (Fsp3) is 0.118. The van der Waals surface area contributed by atoms with Gasteiger partial charge in [-0.05, 0) is 29.8 Å². The van der Waals surface area contributed by atoms with E-state index in [9.17, 15) is 9.59 Å². The van der Waals surface area contributed by atoms with E-state index in [-0.39, 0.29) is 5.84 Å². The molecule has 7 nitrogen and oxygen atoms in total. The van der Waals surface area contributed by atoms with E-state index < -0.39 is 18.6 Å². The van der Waals surface area contributed by atoms with Gasteiger partial charge in [-0.15, -0.1) is 0 Å². The molecule has 0 aliphatic carbocycles. The number of amides is 2. The molecule has 0 aliphatic rings. The minimum Gasteiger partial charge on any atom is -0.439 e. The summed E-state index contributed by atoms with van der Waals surface area (Å²) in [4.78, 5) is 23.4. The average molecular weight is 405 g/mol. The lowest BCUT2D eigenvalue weighted by molar-refractivity contribution is -0.124. The molecule has 0 aromatic heterocycles. The number of nitrogens with one attached hydrogen (secondary N) is 3. The molecule has 2 rings (SSSR count). The van der Waals surface area contributed by atoms with Gasteiger partial charge in [0.25, 0.3) is 5.91 Å². The van der Waals surface area contributed by atoms with Gasteiger partial charge in [0.15, 0.2) is 6.61 Å². The van der Waals surface area contributed by atoms with Crippen LogP contribution in [0.5, 0.6) is 0 Å². The third-order valence-corrected chi connectivity index (χ3v) is 3.63. The monoisotopic (exact) mass is 404 g/mol. The molecule has 0 saturated heterocycles. The second kappa shape index (κ2) is 8.84. The summed E-state index contributed by atoms with van der Waals surface area (Å²) in [5.74, 6) is -0.517. The molecule has 0 spiro atoms. The third kappa shape index (κ3) is 6.27. The van der Waals surface area contributed by atoms with Crippen molar-refractivity contribution in [3.63, 3.8) is 0 Å². The largest absolute Gasteiger partial charge is 0.439 e. The first kappa shape index (κ1) is 18.5. The average Bonchev–Trinajstić information content (AvgIpc) is 2.58. The number of halogens is 1. The molecule has 25 heavy (non-hydrogen) atoms. The van der Waals surface area contributed by atoms with Crippen molar-refractivity contribution < 1.29 is 14.3 Å². The molecule has 0 saturated carbocycles. The number of hydrogen-bond donors (Lipinski definition) is 4. The summed E-state index contributed by atoms with van der Waals surface area (Å²) in [7, 11) is 0. The minimum atomic E-state index is -0.765. The van der Waals surface area contributed by atoms with Crippen molar-refractivity contribution in [3.8, 4) is 0 Å². The summed E-state index contributed by atoms with van der Waals surface area (Å²) in [6, 6.07) is 14.0. The number of amidine groups is 1. The van der Waals surface area contributed by atoms with Crippen LogP contribution in [0.2, 0.25) is 0 Å². The number of nitrogens with two attached hydrogens (primary N) is 1. The van der Waals surface area contributed by atoms with Crippen LogP contribution in [0, 0.1) is 5.41 Å². The van der Waals surface area contributed by atoms with Crippen molar-refractivity contribution in [3.05, 3.63) is 64.1 Å². The van der Waals surface area contributed by atoms with Gasteiger partial charge < -0.3 is 15.8 Å². The highest BCUT2D eigenvalue weighted by Crippen LogP contribution is 2.11. The van der Waals surface area contributed by atoms with E-state index in [0.717, 1.165) is 10.0 Å². The molecule has 0 aliphatic heterocycles. The fourth-order valence-corrected chi connectivity index (χ4v) is 2.39. The molecule has 0 radical (unpaired) electrons. The van der Waals surface area contributed by atoms with Gasteiger partial charge in [-0.2, -0.15) is 0 Å². The Bertz CT molecular complexity index is 795. The van der Waals surface area contributed by atoms with Crippen LogP contribution in [0.3, 0.4) is 0 Å². The first-order valence-corrected chi connectivity index (χ1v) is 8.13. The van der Waals surface area contributed by atoms with Crippen LogP contribution in [-0.2, 0) is 16.1 Å². The number of carbonyl (C=O) groups excluding carboxylic acids is 2. The zero-order valence-electron chi connectivity index (χ0n) is 13.2. The summed E-state index contributed by atoms with van der Waals surface area (Å²) in [5.41, 5.74) is 7.21. The normalized spacial score (nSPS) is 9.96. The number of nitrogen functional groups attached to an aromatic ring is 1. The number of anilines is 1. The first-order chi connectivity index (χ1) is 11.9. The van der Waals surface area contributed by atoms with Crippen LogP contribution < -0.4 is 16.4 Å². The van der Waals surface area contributed by atoms with Crippen LogP contribution in [0.25, 0.3) is 0 Å². The Kier molecular flexibility index (Phi) is 6.53. The van der Waals surface area contributed by atoms with Gasteiger partial charge in [0, 0.05) is 22.3 Å². The molecule has 2 aromatic rings. The molecule has 8 heteroatoms. The molecular formula is C17H17BrN4O3. The van der Waals surface area contributed by atoms with Gasteiger partial charge in [-0.25, -0.2) is 4.79 Å². The number of ether oxygens (including phenoxy) is 1. The molecule has 0 heterocycles. The Morgan fingerprint density at radius 1 is 1.16 bits per heavy atom. The van der Waals surface area contributed by atoms with Gasteiger partial charge in [-0.3, -0.25) is 15.5 Å². The summed E-state index contributed by atoms with van der Waals surface area (Å²) >= 11 is 3.35. The van der Waals surface area contributed by atoms with E-state index >= 15 is 0 Å². The Morgan fingerprint density at radius 2 is 1.92 bits per heavy atom. The number of carbonyl (C=O) groups is 2. The maximum atomic E-state index is 11.7. The van der Waals surface area contributed by atoms with Crippen LogP contribution in [0.4, 0.5) is 10.5 Å². The van der Waals surface area contributed by atoms with E-state index in [1.165, 1.54) is 6.07 Å². The van der Waals surface area contributed by atoms with Crippen molar-refractivity contribution in [1.29, 1.82) is 5.41 Å². The van der Waals surface area contributed by atoms with Gasteiger partial charge in [0.1, 0.15) is 5.84 Å². The van der Waals surface area contributed by atoms with Gasteiger partial charge >= 0.3 is 6.09 Å². The highest BCUT2D eigenvalue weighted by atomic mass is 79.9. The van der Waals surface area contributed by atoms with E-state index in [1.807, 2.05) is 24.3 Å². The molecule has 2 amide bonds. The van der Waals surface area contributed by atoms with Crippen molar-refractivity contribution in [1.82, 2.24) is 5.32 Å². The summed E-state index contributed by atoms with van der Waals surface area (Å²) < 4.78 is 5.78. The molecule has 0 unspecified atom stereocenters. The Hall–Kier alpha value is -2.87. The maximum absolute atomic E-state index is 11.7. The standard InChI is InChI=1S/C17H17BrN4O3/c18-13-5-1-3-11(7-13)9-21-15(23)10-25-17(24)22-14-6-2-4-12(8-14)16(19)20/h1-8H,9-10H2,(H3,19,20)(H,21,23)(H,22,24). The molecule has 0 bridgehead atoms. The topological polar surface area (TPSA) is 117 Å². The smallest absolute Gasteiger partial charge is 0.412 e. The predicted molar refractivity (Wildman–Crippen MR) is 98.4 cm³/mol. The Balaban J connectivity index is 1.76. The van der Waals surface area contributed by atoms with Crippen LogP contribution in [0.15, 0.2) is 53.0 Å². The van der Waals surface area contributed by atoms with Crippen molar-refractivity contribution in [2.75, 3.05) is 11.9 Å². The van der Waals surface area contributed by atoms with E-state index in [2.05, 4.69) is 26.6 Å². The van der Waals surface area contributed by atoms with Crippen LogP contribution in [0.1, 0.15) is 11.1 Å². The van der Waals surface area contributed by atoms with Crippen LogP contribution >= 0.6 is 15.9 Å². The molecule has 0 fully saturated rings. The molecule has 5 N–H and O–H groups in total. The first-order valence-electron chi connectivity index (χ1n) is 7.33. The molecular weight excluding hydrogens is 388 g/mol. The SMILES string of the molecule is N=C(N)c1cccc(NC(=O)OCC(=O)NCc2cccc(Br)c2)c1. The zero-order chi connectivity index (χ0) is 18.2. The van der Waals surface area contributed by atoms with Gasteiger partial charge in [0.2, 0.25) is 0 Å². The third-order valence-electron chi connectivity index (χ3n) is 3.13. The van der Waals surface area contributed by atoms with Crippen molar-refractivity contribution in [2.45, 2.75) is 6.54 Å². The van der Waals surface area contributed by atoms with E-state index in [4.69, 9.17) is 15.9 Å². The highest BCUT2D eigenvalue weighted by Gasteiger charge is 2.08. The second-order valence-electron chi connectivity index (χ2n) is 5.10. The van der Waals surface area contributed by atoms with E-state index in [1.54, 1.807) is 18.2 Å². The molecule has 130 valence electrons. The highest BCUT2D eigenvalue weighted by molar-refractivity contribution is 9.10. The Labute approximate surface area is 153 Å². The van der Waals surface area contributed by atoms with Crippen molar-refractivity contribution in [2.24, 2.45) is 5.73 Å². The van der Waals surface area contributed by atoms with Gasteiger partial charge in [-0.1, -0.05) is 40.2 Å². The van der Waals surface area contributed by atoms with Crippen molar-refractivity contribution >= 4 is 39.5 Å².